The maximum absolute atomic E-state index is 6.05. The Bertz CT molecular complexity index is 264. The van der Waals surface area contributed by atoms with Gasteiger partial charge in [0.1, 0.15) is 0 Å². The molecule has 0 unspecified atom stereocenters. The van der Waals surface area contributed by atoms with E-state index in [9.17, 15) is 0 Å². The van der Waals surface area contributed by atoms with Gasteiger partial charge in [0.05, 0.1) is 25.9 Å². The Kier molecular flexibility index (Phi) is 6.27. The zero-order valence-corrected chi connectivity index (χ0v) is 13.5. The van der Waals surface area contributed by atoms with Crippen molar-refractivity contribution in [3.63, 3.8) is 0 Å². The van der Waals surface area contributed by atoms with Crippen molar-refractivity contribution in [2.45, 2.75) is 64.1 Å². The largest absolute Gasteiger partial charge is 0.379 e. The highest BCUT2D eigenvalue weighted by molar-refractivity contribution is 4.83. The minimum absolute atomic E-state index is 0.231. The van der Waals surface area contributed by atoms with Crippen molar-refractivity contribution in [2.75, 3.05) is 39.5 Å². The van der Waals surface area contributed by atoms with Gasteiger partial charge in [-0.3, -0.25) is 4.90 Å². The first kappa shape index (κ1) is 16.2. The second kappa shape index (κ2) is 7.74. The molecule has 2 aliphatic rings. The molecule has 1 aliphatic carbocycles. The fourth-order valence-electron chi connectivity index (χ4n) is 3.16. The minimum atomic E-state index is 0.231. The summed E-state index contributed by atoms with van der Waals surface area (Å²) in [5.41, 5.74) is 0.231. The molecular weight excluding hydrogens is 252 g/mol. The smallest absolute Gasteiger partial charge is 0.0597 e. The van der Waals surface area contributed by atoms with Crippen LogP contribution in [0.25, 0.3) is 0 Å². The van der Waals surface area contributed by atoms with Crippen molar-refractivity contribution in [3.8, 4) is 0 Å². The molecular formula is C16H32N2O2. The Labute approximate surface area is 124 Å². The third-order valence-electron chi connectivity index (χ3n) is 4.18. The van der Waals surface area contributed by atoms with Crippen LogP contribution in [0.15, 0.2) is 0 Å². The standard InChI is InChI=1S/C16H32N2O2/c1-16(2,3)17-14-4-6-15(7-5-14)20-13-10-18-8-11-19-12-9-18/h14-15,17H,4-13H2,1-3H3. The van der Waals surface area contributed by atoms with Crippen LogP contribution >= 0.6 is 0 Å². The van der Waals surface area contributed by atoms with Crippen LogP contribution in [-0.4, -0.2) is 62.0 Å². The molecule has 0 aromatic heterocycles. The van der Waals surface area contributed by atoms with E-state index in [1.165, 1.54) is 25.7 Å². The van der Waals surface area contributed by atoms with Gasteiger partial charge in [-0.25, -0.2) is 0 Å². The van der Waals surface area contributed by atoms with Crippen LogP contribution in [0.3, 0.4) is 0 Å². The summed E-state index contributed by atoms with van der Waals surface area (Å²) >= 11 is 0. The van der Waals surface area contributed by atoms with Gasteiger partial charge in [0, 0.05) is 31.2 Å². The number of ether oxygens (including phenoxy) is 2. The zero-order chi connectivity index (χ0) is 14.4. The molecule has 118 valence electrons. The van der Waals surface area contributed by atoms with Crippen LogP contribution in [-0.2, 0) is 9.47 Å². The maximum atomic E-state index is 6.05. The van der Waals surface area contributed by atoms with Crippen LogP contribution in [0.4, 0.5) is 0 Å². The van der Waals surface area contributed by atoms with E-state index in [-0.39, 0.29) is 5.54 Å². The molecule has 20 heavy (non-hydrogen) atoms. The predicted octanol–water partition coefficient (Wildman–Crippen LogP) is 2.03. The van der Waals surface area contributed by atoms with Crippen LogP contribution in [0.1, 0.15) is 46.5 Å². The molecule has 1 saturated carbocycles. The Balaban J connectivity index is 1.55. The molecule has 1 aliphatic heterocycles. The van der Waals surface area contributed by atoms with Crippen LogP contribution in [0.2, 0.25) is 0 Å². The lowest BCUT2D eigenvalue weighted by Crippen LogP contribution is -2.46. The van der Waals surface area contributed by atoms with Gasteiger partial charge in [-0.05, 0) is 46.5 Å². The fourth-order valence-corrected chi connectivity index (χ4v) is 3.16. The molecule has 1 N–H and O–H groups in total. The minimum Gasteiger partial charge on any atom is -0.379 e. The second-order valence-corrected chi connectivity index (χ2v) is 7.19. The van der Waals surface area contributed by atoms with E-state index in [0.29, 0.717) is 12.1 Å². The molecule has 0 atom stereocenters. The van der Waals surface area contributed by atoms with Crippen LogP contribution in [0.5, 0.6) is 0 Å². The Hall–Kier alpha value is -0.160. The summed E-state index contributed by atoms with van der Waals surface area (Å²) in [6, 6.07) is 0.675. The van der Waals surface area contributed by atoms with E-state index in [1.54, 1.807) is 0 Å². The molecule has 2 fully saturated rings. The first-order chi connectivity index (χ1) is 9.53. The second-order valence-electron chi connectivity index (χ2n) is 7.19. The molecule has 2 rings (SSSR count). The Morgan fingerprint density at radius 1 is 1.10 bits per heavy atom. The molecule has 1 heterocycles. The number of rotatable bonds is 5. The number of morpholine rings is 1. The van der Waals surface area contributed by atoms with Gasteiger partial charge < -0.3 is 14.8 Å². The summed E-state index contributed by atoms with van der Waals surface area (Å²) < 4.78 is 11.4. The van der Waals surface area contributed by atoms with Crippen molar-refractivity contribution in [1.29, 1.82) is 0 Å². The van der Waals surface area contributed by atoms with Crippen molar-refractivity contribution < 1.29 is 9.47 Å². The lowest BCUT2D eigenvalue weighted by atomic mass is 9.91. The topological polar surface area (TPSA) is 33.7 Å². The van der Waals surface area contributed by atoms with E-state index in [2.05, 4.69) is 31.0 Å². The van der Waals surface area contributed by atoms with Crippen molar-refractivity contribution in [2.24, 2.45) is 0 Å². The SMILES string of the molecule is CC(C)(C)NC1CCC(OCCN2CCOCC2)CC1. The molecule has 4 nitrogen and oxygen atoms in total. The van der Waals surface area contributed by atoms with Gasteiger partial charge in [-0.2, -0.15) is 0 Å². The summed E-state index contributed by atoms with van der Waals surface area (Å²) in [5.74, 6) is 0. The molecule has 4 heteroatoms. The Morgan fingerprint density at radius 2 is 1.75 bits per heavy atom. The van der Waals surface area contributed by atoms with Crippen molar-refractivity contribution in [1.82, 2.24) is 10.2 Å². The quantitative estimate of drug-likeness (QED) is 0.837. The first-order valence-electron chi connectivity index (χ1n) is 8.22. The van der Waals surface area contributed by atoms with Crippen molar-refractivity contribution in [3.05, 3.63) is 0 Å². The van der Waals surface area contributed by atoms with E-state index >= 15 is 0 Å². The van der Waals surface area contributed by atoms with Gasteiger partial charge in [-0.1, -0.05) is 0 Å². The summed E-state index contributed by atoms with van der Waals surface area (Å²) in [4.78, 5) is 2.44. The number of nitrogens with zero attached hydrogens (tertiary/aromatic N) is 1. The van der Waals surface area contributed by atoms with E-state index in [4.69, 9.17) is 9.47 Å². The monoisotopic (exact) mass is 284 g/mol. The number of hydrogen-bond donors (Lipinski definition) is 1. The van der Waals surface area contributed by atoms with E-state index < -0.39 is 0 Å². The van der Waals surface area contributed by atoms with Crippen LogP contribution in [0, 0.1) is 0 Å². The lowest BCUT2D eigenvalue weighted by Gasteiger charge is -2.34. The van der Waals surface area contributed by atoms with E-state index in [0.717, 1.165) is 39.5 Å². The average molecular weight is 284 g/mol. The fraction of sp³-hybridized carbons (Fsp3) is 1.00. The molecule has 0 aromatic carbocycles. The number of hydrogen-bond acceptors (Lipinski definition) is 4. The molecule has 0 bridgehead atoms. The summed E-state index contributed by atoms with van der Waals surface area (Å²) in [7, 11) is 0. The highest BCUT2D eigenvalue weighted by Crippen LogP contribution is 2.22. The molecule has 1 saturated heterocycles. The summed E-state index contributed by atoms with van der Waals surface area (Å²) in [5, 5.41) is 3.71. The van der Waals surface area contributed by atoms with Gasteiger partial charge in [0.15, 0.2) is 0 Å². The maximum Gasteiger partial charge on any atom is 0.0597 e. The predicted molar refractivity (Wildman–Crippen MR) is 82.1 cm³/mol. The van der Waals surface area contributed by atoms with Gasteiger partial charge in [0.25, 0.3) is 0 Å². The van der Waals surface area contributed by atoms with E-state index in [1.807, 2.05) is 0 Å². The third kappa shape index (κ3) is 6.08. The molecule has 0 amide bonds. The third-order valence-corrected chi connectivity index (χ3v) is 4.18. The zero-order valence-electron chi connectivity index (χ0n) is 13.5. The van der Waals surface area contributed by atoms with Crippen LogP contribution < -0.4 is 5.32 Å². The molecule has 0 radical (unpaired) electrons. The highest BCUT2D eigenvalue weighted by atomic mass is 16.5. The summed E-state index contributed by atoms with van der Waals surface area (Å²) in [6.45, 7) is 12.6. The molecule has 0 spiro atoms. The Morgan fingerprint density at radius 3 is 2.35 bits per heavy atom. The van der Waals surface area contributed by atoms with Gasteiger partial charge in [0.2, 0.25) is 0 Å². The average Bonchev–Trinajstić information content (AvgIpc) is 2.40. The van der Waals surface area contributed by atoms with Gasteiger partial charge >= 0.3 is 0 Å². The molecule has 0 aromatic rings. The highest BCUT2D eigenvalue weighted by Gasteiger charge is 2.24. The summed E-state index contributed by atoms with van der Waals surface area (Å²) in [6.07, 6.45) is 5.39. The normalized spacial score (nSPS) is 29.6. The first-order valence-corrected chi connectivity index (χ1v) is 8.22. The lowest BCUT2D eigenvalue weighted by molar-refractivity contribution is -0.0118. The number of nitrogens with one attached hydrogen (secondary N) is 1. The van der Waals surface area contributed by atoms with Crippen molar-refractivity contribution >= 4 is 0 Å². The van der Waals surface area contributed by atoms with Gasteiger partial charge in [-0.15, -0.1) is 0 Å².